The Morgan fingerprint density at radius 3 is 2.07 bits per heavy atom. The Balaban J connectivity index is 2.42. The fraction of sp³-hybridized carbons (Fsp3) is 0.690. The highest BCUT2D eigenvalue weighted by atomic mass is 32.1. The number of carbonyl (C=O) groups excluding carboxylic acids is 4. The topological polar surface area (TPSA) is 159 Å². The van der Waals surface area contributed by atoms with Gasteiger partial charge in [0.25, 0.3) is 5.91 Å². The van der Waals surface area contributed by atoms with E-state index in [0.29, 0.717) is 37.4 Å². The molecule has 0 aliphatic carbocycles. The summed E-state index contributed by atoms with van der Waals surface area (Å²) in [7, 11) is 3.12. The van der Waals surface area contributed by atoms with E-state index in [2.05, 4.69) is 36.7 Å². The highest BCUT2D eigenvalue weighted by Gasteiger charge is 2.38. The lowest BCUT2D eigenvalue weighted by molar-refractivity contribution is -0.145. The average molecular weight is 788 g/mol. The second-order valence-electron chi connectivity index (χ2n) is 15.2. The number of nitrogens with zero attached hydrogens (tertiary/aromatic N) is 2. The normalized spacial score (nSPS) is 15.9. The molecule has 0 bridgehead atoms. The van der Waals surface area contributed by atoms with Crippen molar-refractivity contribution in [3.8, 4) is 5.75 Å². The molecule has 55 heavy (non-hydrogen) atoms. The highest BCUT2D eigenvalue weighted by molar-refractivity contribution is 7.09. The number of phenolic OH excluding ortho intramolecular Hbond substituents is 1. The number of hydrogen-bond acceptors (Lipinski definition) is 10. The maximum atomic E-state index is 14.6. The summed E-state index contributed by atoms with van der Waals surface area (Å²) >= 11 is 1.35. The molecule has 0 saturated carbocycles. The molecule has 0 saturated heterocycles. The molecule has 8 atom stereocenters. The lowest BCUT2D eigenvalue weighted by Crippen LogP contribution is -2.59. The fourth-order valence-electron chi connectivity index (χ4n) is 6.81. The Hall–Kier alpha value is -3.55. The number of esters is 1. The van der Waals surface area contributed by atoms with E-state index in [4.69, 9.17) is 14.5 Å². The number of carbonyl (C=O) groups is 4. The van der Waals surface area contributed by atoms with Crippen molar-refractivity contribution >= 4 is 35.0 Å². The van der Waals surface area contributed by atoms with Gasteiger partial charge in [0.15, 0.2) is 0 Å². The van der Waals surface area contributed by atoms with Crippen LogP contribution >= 0.6 is 11.3 Å². The first-order valence-electron chi connectivity index (χ1n) is 20.2. The smallest absolute Gasteiger partial charge is 0.308 e. The van der Waals surface area contributed by atoms with E-state index < -0.39 is 30.1 Å². The van der Waals surface area contributed by atoms with Crippen molar-refractivity contribution in [2.75, 3.05) is 27.3 Å². The molecule has 1 aromatic carbocycles. The third-order valence-electron chi connectivity index (χ3n) is 10.5. The van der Waals surface area contributed by atoms with Crippen LogP contribution in [-0.2, 0) is 30.3 Å². The van der Waals surface area contributed by atoms with Crippen LogP contribution in [0.2, 0.25) is 0 Å². The Labute approximate surface area is 333 Å². The first kappa shape index (κ1) is 47.6. The van der Waals surface area contributed by atoms with Gasteiger partial charge in [0.05, 0.1) is 19.1 Å². The quantitative estimate of drug-likeness (QED) is 0.0807. The molecule has 2 rings (SSSR count). The predicted molar refractivity (Wildman–Crippen MR) is 219 cm³/mol. The van der Waals surface area contributed by atoms with Crippen molar-refractivity contribution in [1.82, 2.24) is 25.8 Å². The summed E-state index contributed by atoms with van der Waals surface area (Å²) in [5.41, 5.74) is 1.14. The van der Waals surface area contributed by atoms with Crippen LogP contribution in [0, 0.1) is 23.7 Å². The van der Waals surface area contributed by atoms with Crippen LogP contribution in [0.25, 0.3) is 0 Å². The molecule has 0 spiro atoms. The summed E-state index contributed by atoms with van der Waals surface area (Å²) in [4.78, 5) is 60.9. The van der Waals surface area contributed by atoms with Gasteiger partial charge in [-0.05, 0) is 68.2 Å². The van der Waals surface area contributed by atoms with E-state index in [9.17, 15) is 24.3 Å². The van der Waals surface area contributed by atoms with E-state index in [0.717, 1.165) is 31.2 Å². The summed E-state index contributed by atoms with van der Waals surface area (Å²) in [6.07, 6.45) is 3.84. The van der Waals surface area contributed by atoms with Crippen molar-refractivity contribution in [3.63, 3.8) is 0 Å². The Bertz CT molecular complexity index is 1470. The van der Waals surface area contributed by atoms with Gasteiger partial charge in [0.1, 0.15) is 28.6 Å². The maximum Gasteiger partial charge on any atom is 0.308 e. The fourth-order valence-corrected chi connectivity index (χ4v) is 7.67. The van der Waals surface area contributed by atoms with Crippen molar-refractivity contribution in [1.29, 1.82) is 0 Å². The van der Waals surface area contributed by atoms with Gasteiger partial charge in [-0.1, -0.05) is 87.3 Å². The molecule has 12 nitrogen and oxygen atoms in total. The van der Waals surface area contributed by atoms with Crippen LogP contribution in [0.15, 0.2) is 29.6 Å². The number of aromatic hydroxyl groups is 1. The van der Waals surface area contributed by atoms with Gasteiger partial charge >= 0.3 is 5.97 Å². The van der Waals surface area contributed by atoms with Crippen molar-refractivity contribution in [3.05, 3.63) is 45.9 Å². The van der Waals surface area contributed by atoms with Crippen LogP contribution in [0.3, 0.4) is 0 Å². The standard InChI is InChI=1S/C42H69N5O7S/c1-12-20-47(41(51)37(28(8)15-4)46-39(50)36(43-10)27(7)14-3)34(26(5)6)24-35(54-21-13-2)40-45-33(25-55-40)38(49)44-31(22-29(9)42(52)53-11)23-30-16-18-32(48)19-17-30/h16-19,25-29,31,34-37,43,48H,12-15,20-24H2,1-11H3,(H,44,49)(H,46,50)/t27-,28-,29-,31+,34+,35+,36+,37-/m0/s1. The van der Waals surface area contributed by atoms with Crippen molar-refractivity contribution in [2.24, 2.45) is 23.7 Å². The summed E-state index contributed by atoms with van der Waals surface area (Å²) in [6.45, 7) is 19.2. The molecule has 0 aliphatic rings. The molecule has 0 radical (unpaired) electrons. The van der Waals surface area contributed by atoms with E-state index in [-0.39, 0.29) is 58.9 Å². The predicted octanol–water partition coefficient (Wildman–Crippen LogP) is 6.68. The van der Waals surface area contributed by atoms with Gasteiger partial charge in [-0.3, -0.25) is 19.2 Å². The van der Waals surface area contributed by atoms with E-state index in [1.807, 2.05) is 39.5 Å². The zero-order valence-electron chi connectivity index (χ0n) is 35.1. The van der Waals surface area contributed by atoms with Crippen LogP contribution in [0.1, 0.15) is 128 Å². The summed E-state index contributed by atoms with van der Waals surface area (Å²) in [6, 6.07) is 5.02. The van der Waals surface area contributed by atoms with Crippen molar-refractivity contribution in [2.45, 2.75) is 138 Å². The van der Waals surface area contributed by atoms with Gasteiger partial charge in [-0.15, -0.1) is 11.3 Å². The highest BCUT2D eigenvalue weighted by Crippen LogP contribution is 2.32. The van der Waals surface area contributed by atoms with Crippen molar-refractivity contribution < 1.29 is 33.8 Å². The molecule has 2 aromatic rings. The molecule has 1 heterocycles. The largest absolute Gasteiger partial charge is 0.508 e. The minimum absolute atomic E-state index is 0.0573. The third-order valence-corrected chi connectivity index (χ3v) is 11.4. The monoisotopic (exact) mass is 787 g/mol. The Kier molecular flexibility index (Phi) is 20.9. The van der Waals surface area contributed by atoms with Crippen LogP contribution in [0.5, 0.6) is 5.75 Å². The number of nitrogens with one attached hydrogen (secondary N) is 3. The number of likely N-dealkylation sites (N-methyl/N-ethyl adjacent to an activating group) is 1. The summed E-state index contributed by atoms with van der Waals surface area (Å²) in [5.74, 6) is -1.24. The second kappa shape index (κ2) is 24.2. The van der Waals surface area contributed by atoms with E-state index in [1.165, 1.54) is 18.4 Å². The zero-order valence-corrected chi connectivity index (χ0v) is 36.0. The number of benzene rings is 1. The second-order valence-corrected chi connectivity index (χ2v) is 16.1. The average Bonchev–Trinajstić information content (AvgIpc) is 3.67. The SMILES string of the molecule is CCCO[C@H](C[C@H](C(C)C)N(CCC)C(=O)[C@@H](NC(=O)[C@H](NC)[C@@H](C)CC)[C@@H](C)CC)c1nc(C(=O)N[C@@H](Cc2ccc(O)cc2)C[C@H](C)C(=O)OC)cs1. The number of hydrogen-bond donors (Lipinski definition) is 4. The Morgan fingerprint density at radius 1 is 0.891 bits per heavy atom. The molecule has 310 valence electrons. The van der Waals surface area contributed by atoms with Gasteiger partial charge in [0.2, 0.25) is 11.8 Å². The lowest BCUT2D eigenvalue weighted by atomic mass is 9.91. The molecule has 4 N–H and O–H groups in total. The molecule has 0 fully saturated rings. The number of phenols is 1. The number of aromatic nitrogens is 1. The summed E-state index contributed by atoms with van der Waals surface area (Å²) in [5, 5.41) is 21.5. The number of rotatable bonds is 25. The maximum absolute atomic E-state index is 14.6. The molecule has 0 unspecified atom stereocenters. The molecule has 3 amide bonds. The number of thiazole rings is 1. The number of ether oxygens (including phenoxy) is 2. The molecule has 13 heteroatoms. The first-order chi connectivity index (χ1) is 26.1. The molecule has 0 aliphatic heterocycles. The molecular formula is C42H69N5O7S. The lowest BCUT2D eigenvalue weighted by Gasteiger charge is -2.39. The van der Waals surface area contributed by atoms with E-state index in [1.54, 1.807) is 43.6 Å². The van der Waals surface area contributed by atoms with Gasteiger partial charge in [-0.2, -0.15) is 0 Å². The van der Waals surface area contributed by atoms with Gasteiger partial charge < -0.3 is 35.4 Å². The van der Waals surface area contributed by atoms with Gasteiger partial charge in [0, 0.05) is 37.0 Å². The Morgan fingerprint density at radius 2 is 1.53 bits per heavy atom. The number of amides is 3. The first-order valence-corrected chi connectivity index (χ1v) is 21.0. The van der Waals surface area contributed by atoms with Crippen LogP contribution in [-0.4, -0.2) is 90.2 Å². The molecular weight excluding hydrogens is 719 g/mol. The minimum Gasteiger partial charge on any atom is -0.508 e. The van der Waals surface area contributed by atoms with E-state index >= 15 is 0 Å². The summed E-state index contributed by atoms with van der Waals surface area (Å²) < 4.78 is 11.4. The number of methoxy groups -OCH3 is 1. The van der Waals surface area contributed by atoms with Gasteiger partial charge in [-0.25, -0.2) is 4.98 Å². The minimum atomic E-state index is -0.688. The zero-order chi connectivity index (χ0) is 41.2. The molecule has 1 aromatic heterocycles. The van der Waals surface area contributed by atoms with Crippen LogP contribution < -0.4 is 16.0 Å². The third kappa shape index (κ3) is 14.5. The van der Waals surface area contributed by atoms with Crippen LogP contribution in [0.4, 0.5) is 0 Å².